The minimum Gasteiger partial charge on any atom is -0.351 e. The highest BCUT2D eigenvalue weighted by Crippen LogP contribution is 2.11. The van der Waals surface area contributed by atoms with Crippen molar-refractivity contribution in [2.24, 2.45) is 5.92 Å². The Labute approximate surface area is 171 Å². The Hall–Kier alpha value is -3.00. The van der Waals surface area contributed by atoms with Crippen LogP contribution in [0.3, 0.4) is 0 Å². The minimum absolute atomic E-state index is 0.192. The molecule has 0 aromatic carbocycles. The number of hydrogen-bond donors (Lipinski definition) is 3. The molecule has 0 radical (unpaired) electrons. The summed E-state index contributed by atoms with van der Waals surface area (Å²) in [5, 5.41) is 12.7. The summed E-state index contributed by atoms with van der Waals surface area (Å²) in [5.74, 6) is 1.64. The predicted octanol–water partition coefficient (Wildman–Crippen LogP) is 2.91. The summed E-state index contributed by atoms with van der Waals surface area (Å²) >= 11 is 0. The quantitative estimate of drug-likeness (QED) is 0.624. The first-order chi connectivity index (χ1) is 14.2. The van der Waals surface area contributed by atoms with Gasteiger partial charge in [-0.15, -0.1) is 0 Å². The summed E-state index contributed by atoms with van der Waals surface area (Å²) in [6.07, 6.45) is 14.9. The second kappa shape index (κ2) is 11.1. The van der Waals surface area contributed by atoms with Gasteiger partial charge in [-0.1, -0.05) is 31.2 Å². The average molecular weight is 396 g/mol. The fourth-order valence-electron chi connectivity index (χ4n) is 3.11. The number of hydrogen-bond acceptors (Lipinski definition) is 6. The monoisotopic (exact) mass is 395 g/mol. The van der Waals surface area contributed by atoms with E-state index >= 15 is 0 Å². The standard InChI is InChI=1S/C21H29N7O/c1-17-7-4-2-3-5-12-28(14-9-17)13-6-10-22-21(29)18-15-20(24-16-23-18)26-19-8-11-25-27-19/h2-4,7-8,11,15-17H,5-6,9-10,12-14H2,1H3,(H,22,29)(H2,23,24,25,26,27)/b3-2-,7-4-/t17-/m0/s1. The highest BCUT2D eigenvalue weighted by atomic mass is 16.1. The van der Waals surface area contributed by atoms with Crippen LogP contribution < -0.4 is 10.6 Å². The zero-order valence-electron chi connectivity index (χ0n) is 16.8. The van der Waals surface area contributed by atoms with Crippen molar-refractivity contribution in [3.05, 3.63) is 54.7 Å². The number of allylic oxidation sites excluding steroid dienone is 3. The topological polar surface area (TPSA) is 98.8 Å². The number of anilines is 2. The Balaban J connectivity index is 1.42. The maximum absolute atomic E-state index is 12.4. The van der Waals surface area contributed by atoms with Crippen molar-refractivity contribution in [2.75, 3.05) is 31.5 Å². The van der Waals surface area contributed by atoms with Crippen LogP contribution in [0, 0.1) is 5.92 Å². The fourth-order valence-corrected chi connectivity index (χ4v) is 3.11. The van der Waals surface area contributed by atoms with Gasteiger partial charge in [0.25, 0.3) is 5.91 Å². The molecule has 0 unspecified atom stereocenters. The summed E-state index contributed by atoms with van der Waals surface area (Å²) in [4.78, 5) is 23.1. The number of amides is 1. The van der Waals surface area contributed by atoms with Gasteiger partial charge in [-0.2, -0.15) is 5.10 Å². The van der Waals surface area contributed by atoms with Crippen LogP contribution in [-0.2, 0) is 0 Å². The average Bonchev–Trinajstić information content (AvgIpc) is 3.24. The molecule has 1 amide bonds. The van der Waals surface area contributed by atoms with Gasteiger partial charge in [-0.3, -0.25) is 9.89 Å². The number of aromatic amines is 1. The van der Waals surface area contributed by atoms with Crippen LogP contribution in [0.2, 0.25) is 0 Å². The van der Waals surface area contributed by atoms with Gasteiger partial charge in [0.2, 0.25) is 0 Å². The Bertz CT molecular complexity index is 816. The molecule has 0 spiro atoms. The molecule has 2 aromatic heterocycles. The van der Waals surface area contributed by atoms with Crippen LogP contribution in [-0.4, -0.2) is 57.2 Å². The van der Waals surface area contributed by atoms with Crippen LogP contribution >= 0.6 is 0 Å². The van der Waals surface area contributed by atoms with Crippen LogP contribution in [0.15, 0.2) is 49.0 Å². The maximum Gasteiger partial charge on any atom is 0.270 e. The van der Waals surface area contributed by atoms with Gasteiger partial charge in [0.1, 0.15) is 23.7 Å². The van der Waals surface area contributed by atoms with Crippen molar-refractivity contribution >= 4 is 17.5 Å². The molecule has 0 saturated heterocycles. The number of carbonyl (C=O) groups excluding carboxylic acids is 1. The number of aromatic nitrogens is 4. The molecule has 0 saturated carbocycles. The summed E-state index contributed by atoms with van der Waals surface area (Å²) in [6, 6.07) is 3.41. The SMILES string of the molecule is C[C@H]1/C=C\C=C/CCN(CCCNC(=O)c2cc(Nc3ccn[nH]3)ncn2)CC1. The van der Waals surface area contributed by atoms with Gasteiger partial charge in [0.15, 0.2) is 0 Å². The van der Waals surface area contributed by atoms with Crippen molar-refractivity contribution in [2.45, 2.75) is 26.2 Å². The van der Waals surface area contributed by atoms with E-state index in [4.69, 9.17) is 0 Å². The summed E-state index contributed by atoms with van der Waals surface area (Å²) in [6.45, 7) is 5.98. The van der Waals surface area contributed by atoms with Gasteiger partial charge in [-0.25, -0.2) is 9.97 Å². The smallest absolute Gasteiger partial charge is 0.270 e. The molecular formula is C21H29N7O. The first-order valence-corrected chi connectivity index (χ1v) is 10.1. The normalized spacial score (nSPS) is 20.0. The molecule has 3 N–H and O–H groups in total. The third-order valence-corrected chi connectivity index (χ3v) is 4.80. The molecule has 1 aliphatic rings. The van der Waals surface area contributed by atoms with E-state index < -0.39 is 0 Å². The molecule has 3 rings (SSSR count). The summed E-state index contributed by atoms with van der Waals surface area (Å²) in [7, 11) is 0. The highest BCUT2D eigenvalue weighted by Gasteiger charge is 2.10. The van der Waals surface area contributed by atoms with Crippen molar-refractivity contribution in [3.8, 4) is 0 Å². The van der Waals surface area contributed by atoms with E-state index in [1.165, 1.54) is 6.33 Å². The van der Waals surface area contributed by atoms with Gasteiger partial charge < -0.3 is 15.5 Å². The molecule has 29 heavy (non-hydrogen) atoms. The van der Waals surface area contributed by atoms with E-state index in [-0.39, 0.29) is 5.91 Å². The maximum atomic E-state index is 12.4. The number of nitrogens with zero attached hydrogens (tertiary/aromatic N) is 4. The zero-order chi connectivity index (χ0) is 20.3. The molecule has 8 heteroatoms. The number of H-pyrrole nitrogens is 1. The molecule has 2 aromatic rings. The Morgan fingerprint density at radius 2 is 2.24 bits per heavy atom. The second-order valence-corrected chi connectivity index (χ2v) is 7.20. The Kier molecular flexibility index (Phi) is 7.94. The lowest BCUT2D eigenvalue weighted by Crippen LogP contribution is -2.32. The van der Waals surface area contributed by atoms with Crippen molar-refractivity contribution in [1.82, 2.24) is 30.4 Å². The van der Waals surface area contributed by atoms with Gasteiger partial charge in [-0.05, 0) is 38.3 Å². The zero-order valence-corrected chi connectivity index (χ0v) is 16.8. The largest absolute Gasteiger partial charge is 0.351 e. The number of nitrogens with one attached hydrogen (secondary N) is 3. The lowest BCUT2D eigenvalue weighted by Gasteiger charge is -2.23. The van der Waals surface area contributed by atoms with Crippen molar-refractivity contribution < 1.29 is 4.79 Å². The van der Waals surface area contributed by atoms with Gasteiger partial charge >= 0.3 is 0 Å². The van der Waals surface area contributed by atoms with Crippen molar-refractivity contribution in [1.29, 1.82) is 0 Å². The number of rotatable bonds is 7. The molecule has 0 aliphatic carbocycles. The minimum atomic E-state index is -0.192. The van der Waals surface area contributed by atoms with Crippen molar-refractivity contribution in [3.63, 3.8) is 0 Å². The molecule has 154 valence electrons. The van der Waals surface area contributed by atoms with Gasteiger partial charge in [0, 0.05) is 25.2 Å². The van der Waals surface area contributed by atoms with E-state index in [9.17, 15) is 4.79 Å². The van der Waals surface area contributed by atoms with Crippen LogP contribution in [0.5, 0.6) is 0 Å². The molecule has 3 heterocycles. The lowest BCUT2D eigenvalue weighted by atomic mass is 10.1. The third-order valence-electron chi connectivity index (χ3n) is 4.80. The number of carbonyl (C=O) groups is 1. The second-order valence-electron chi connectivity index (χ2n) is 7.20. The van der Waals surface area contributed by atoms with E-state index in [1.54, 1.807) is 18.3 Å². The van der Waals surface area contributed by atoms with Crippen LogP contribution in [0.1, 0.15) is 36.7 Å². The van der Waals surface area contributed by atoms with Crippen LogP contribution in [0.4, 0.5) is 11.6 Å². The molecule has 0 bridgehead atoms. The summed E-state index contributed by atoms with van der Waals surface area (Å²) < 4.78 is 0. The van der Waals surface area contributed by atoms with E-state index in [1.807, 2.05) is 0 Å². The lowest BCUT2D eigenvalue weighted by molar-refractivity contribution is 0.0946. The Morgan fingerprint density at radius 3 is 3.10 bits per heavy atom. The van der Waals surface area contributed by atoms with E-state index in [0.717, 1.165) is 38.9 Å². The van der Waals surface area contributed by atoms with Crippen LogP contribution in [0.25, 0.3) is 0 Å². The molecule has 1 atom stereocenters. The first-order valence-electron chi connectivity index (χ1n) is 10.1. The van der Waals surface area contributed by atoms with E-state index in [2.05, 4.69) is 66.9 Å². The first kappa shape index (κ1) is 20.7. The highest BCUT2D eigenvalue weighted by molar-refractivity contribution is 5.92. The Morgan fingerprint density at radius 1 is 1.31 bits per heavy atom. The molecular weight excluding hydrogens is 366 g/mol. The third kappa shape index (κ3) is 7.15. The van der Waals surface area contributed by atoms with Gasteiger partial charge in [0.05, 0.1) is 6.20 Å². The predicted molar refractivity (Wildman–Crippen MR) is 114 cm³/mol. The molecule has 0 fully saturated rings. The fraction of sp³-hybridized carbons (Fsp3) is 0.429. The summed E-state index contributed by atoms with van der Waals surface area (Å²) in [5.41, 5.74) is 0.340. The van der Waals surface area contributed by atoms with E-state index in [0.29, 0.717) is 29.8 Å². The molecule has 1 aliphatic heterocycles. The molecule has 8 nitrogen and oxygen atoms in total.